The SMILES string of the molecule is O=C1OC(c2ccccc2F)=N/C1=C/c1cccs1. The smallest absolute Gasteiger partial charge is 0.363 e. The molecule has 2 heterocycles. The molecule has 1 aromatic carbocycles. The van der Waals surface area contributed by atoms with Gasteiger partial charge in [0, 0.05) is 4.88 Å². The van der Waals surface area contributed by atoms with E-state index in [4.69, 9.17) is 4.74 Å². The lowest BCUT2D eigenvalue weighted by Gasteiger charge is -1.99. The molecule has 0 radical (unpaired) electrons. The molecule has 0 spiro atoms. The Balaban J connectivity index is 1.98. The number of hydrogen-bond donors (Lipinski definition) is 0. The molecular weight excluding hydrogens is 265 g/mol. The molecule has 0 atom stereocenters. The molecule has 3 nitrogen and oxygen atoms in total. The molecule has 1 aliphatic heterocycles. The van der Waals surface area contributed by atoms with Crippen LogP contribution in [0.3, 0.4) is 0 Å². The molecule has 0 fully saturated rings. The number of ether oxygens (including phenoxy) is 1. The molecule has 1 aromatic heterocycles. The van der Waals surface area contributed by atoms with Gasteiger partial charge in [0.15, 0.2) is 5.70 Å². The highest BCUT2D eigenvalue weighted by Gasteiger charge is 2.25. The second kappa shape index (κ2) is 4.78. The lowest BCUT2D eigenvalue weighted by molar-refractivity contribution is -0.129. The standard InChI is InChI=1S/C14H8FNO2S/c15-11-6-2-1-5-10(11)13-16-12(14(17)18-13)8-9-4-3-7-19-9/h1-8H/b12-8+. The van der Waals surface area contributed by atoms with Crippen LogP contribution >= 0.6 is 11.3 Å². The molecule has 0 unspecified atom stereocenters. The van der Waals surface area contributed by atoms with Crippen LogP contribution in [0.5, 0.6) is 0 Å². The van der Waals surface area contributed by atoms with Crippen LogP contribution in [0, 0.1) is 5.82 Å². The summed E-state index contributed by atoms with van der Waals surface area (Å²) in [7, 11) is 0. The van der Waals surface area contributed by atoms with Gasteiger partial charge in [0.25, 0.3) is 0 Å². The minimum atomic E-state index is -0.563. The van der Waals surface area contributed by atoms with Gasteiger partial charge in [-0.05, 0) is 29.7 Å². The summed E-state index contributed by atoms with van der Waals surface area (Å²) >= 11 is 1.48. The number of carbonyl (C=O) groups excluding carboxylic acids is 1. The normalized spacial score (nSPS) is 16.6. The van der Waals surface area contributed by atoms with Crippen molar-refractivity contribution in [1.29, 1.82) is 0 Å². The van der Waals surface area contributed by atoms with Crippen molar-refractivity contribution >= 4 is 29.3 Å². The average molecular weight is 273 g/mol. The van der Waals surface area contributed by atoms with Gasteiger partial charge in [0.2, 0.25) is 5.90 Å². The molecule has 3 rings (SSSR count). The number of halogens is 1. The summed E-state index contributed by atoms with van der Waals surface area (Å²) in [6.45, 7) is 0. The third-order valence-electron chi connectivity index (χ3n) is 2.55. The average Bonchev–Trinajstić information content (AvgIpc) is 3.02. The first-order chi connectivity index (χ1) is 9.24. The summed E-state index contributed by atoms with van der Waals surface area (Å²) < 4.78 is 18.6. The Bertz CT molecular complexity index is 689. The van der Waals surface area contributed by atoms with E-state index in [1.165, 1.54) is 23.5 Å². The predicted octanol–water partition coefficient (Wildman–Crippen LogP) is 3.23. The lowest BCUT2D eigenvalue weighted by Crippen LogP contribution is -2.07. The zero-order chi connectivity index (χ0) is 13.2. The summed E-state index contributed by atoms with van der Waals surface area (Å²) in [6, 6.07) is 9.79. The van der Waals surface area contributed by atoms with Crippen LogP contribution in [0.4, 0.5) is 4.39 Å². The van der Waals surface area contributed by atoms with E-state index in [1.807, 2.05) is 17.5 Å². The van der Waals surface area contributed by atoms with Crippen molar-refractivity contribution in [2.45, 2.75) is 0 Å². The number of benzene rings is 1. The van der Waals surface area contributed by atoms with E-state index in [2.05, 4.69) is 4.99 Å². The first-order valence-electron chi connectivity index (χ1n) is 5.55. The molecule has 0 amide bonds. The second-order valence-corrected chi connectivity index (χ2v) is 4.81. The van der Waals surface area contributed by atoms with Crippen LogP contribution in [0.15, 0.2) is 52.5 Å². The topological polar surface area (TPSA) is 38.7 Å². The molecule has 5 heteroatoms. The maximum Gasteiger partial charge on any atom is 0.363 e. The van der Waals surface area contributed by atoms with Gasteiger partial charge < -0.3 is 4.74 Å². The van der Waals surface area contributed by atoms with Crippen molar-refractivity contribution in [2.24, 2.45) is 4.99 Å². The number of carbonyl (C=O) groups is 1. The minimum absolute atomic E-state index is 0.00547. The number of thiophene rings is 1. The van der Waals surface area contributed by atoms with E-state index in [-0.39, 0.29) is 17.2 Å². The largest absolute Gasteiger partial charge is 0.402 e. The molecule has 2 aromatic rings. The lowest BCUT2D eigenvalue weighted by atomic mass is 10.2. The molecule has 19 heavy (non-hydrogen) atoms. The van der Waals surface area contributed by atoms with Crippen LogP contribution in [0.1, 0.15) is 10.4 Å². The third-order valence-corrected chi connectivity index (χ3v) is 3.37. The Kier molecular flexibility index (Phi) is 2.97. The molecule has 0 N–H and O–H groups in total. The quantitative estimate of drug-likeness (QED) is 0.622. The van der Waals surface area contributed by atoms with E-state index < -0.39 is 11.8 Å². The summed E-state index contributed by atoms with van der Waals surface area (Å²) in [5, 5.41) is 1.90. The van der Waals surface area contributed by atoms with Crippen LogP contribution in [0.2, 0.25) is 0 Å². The van der Waals surface area contributed by atoms with Gasteiger partial charge in [0.1, 0.15) is 5.82 Å². The minimum Gasteiger partial charge on any atom is -0.402 e. The molecule has 0 aliphatic carbocycles. The van der Waals surface area contributed by atoms with Crippen molar-refractivity contribution in [3.8, 4) is 0 Å². The Morgan fingerprint density at radius 1 is 1.21 bits per heavy atom. The molecule has 0 saturated heterocycles. The number of nitrogens with zero attached hydrogens (tertiary/aromatic N) is 1. The van der Waals surface area contributed by atoms with E-state index in [1.54, 1.807) is 18.2 Å². The van der Waals surface area contributed by atoms with Crippen LogP contribution < -0.4 is 0 Å². The first kappa shape index (κ1) is 11.8. The number of esters is 1. The summed E-state index contributed by atoms with van der Waals surface area (Å²) in [5.41, 5.74) is 0.367. The van der Waals surface area contributed by atoms with Crippen molar-refractivity contribution in [1.82, 2.24) is 0 Å². The number of aliphatic imine (C=N–C) groups is 1. The second-order valence-electron chi connectivity index (χ2n) is 3.83. The summed E-state index contributed by atoms with van der Waals surface area (Å²) in [6.07, 6.45) is 1.63. The van der Waals surface area contributed by atoms with Crippen molar-refractivity contribution < 1.29 is 13.9 Å². The van der Waals surface area contributed by atoms with Gasteiger partial charge >= 0.3 is 5.97 Å². The highest BCUT2D eigenvalue weighted by Crippen LogP contribution is 2.22. The van der Waals surface area contributed by atoms with Gasteiger partial charge in [-0.1, -0.05) is 18.2 Å². The van der Waals surface area contributed by atoms with Gasteiger partial charge in [-0.2, -0.15) is 0 Å². The van der Waals surface area contributed by atoms with Gasteiger partial charge in [-0.25, -0.2) is 14.2 Å². The first-order valence-corrected chi connectivity index (χ1v) is 6.43. The zero-order valence-electron chi connectivity index (χ0n) is 9.67. The van der Waals surface area contributed by atoms with E-state index >= 15 is 0 Å². The van der Waals surface area contributed by atoms with Crippen molar-refractivity contribution in [2.75, 3.05) is 0 Å². The van der Waals surface area contributed by atoms with Crippen LogP contribution in [0.25, 0.3) is 6.08 Å². The number of rotatable bonds is 2. The van der Waals surface area contributed by atoms with Gasteiger partial charge in [0.05, 0.1) is 5.56 Å². The highest BCUT2D eigenvalue weighted by atomic mass is 32.1. The van der Waals surface area contributed by atoms with Gasteiger partial charge in [-0.3, -0.25) is 0 Å². The Morgan fingerprint density at radius 2 is 2.05 bits per heavy atom. The van der Waals surface area contributed by atoms with Crippen LogP contribution in [-0.2, 0) is 9.53 Å². The number of hydrogen-bond acceptors (Lipinski definition) is 4. The fourth-order valence-electron chi connectivity index (χ4n) is 1.67. The molecule has 0 saturated carbocycles. The highest BCUT2D eigenvalue weighted by molar-refractivity contribution is 7.10. The summed E-state index contributed by atoms with van der Waals surface area (Å²) in [4.78, 5) is 16.6. The predicted molar refractivity (Wildman–Crippen MR) is 71.3 cm³/mol. The van der Waals surface area contributed by atoms with Crippen molar-refractivity contribution in [3.63, 3.8) is 0 Å². The monoisotopic (exact) mass is 273 g/mol. The van der Waals surface area contributed by atoms with E-state index in [0.29, 0.717) is 0 Å². The van der Waals surface area contributed by atoms with E-state index in [9.17, 15) is 9.18 Å². The zero-order valence-corrected chi connectivity index (χ0v) is 10.5. The molecule has 1 aliphatic rings. The molecular formula is C14H8FNO2S. The fourth-order valence-corrected chi connectivity index (χ4v) is 2.32. The maximum atomic E-state index is 13.6. The third kappa shape index (κ3) is 2.32. The number of cyclic esters (lactones) is 1. The molecule has 0 bridgehead atoms. The van der Waals surface area contributed by atoms with E-state index in [0.717, 1.165) is 4.88 Å². The Morgan fingerprint density at radius 3 is 2.79 bits per heavy atom. The Hall–Kier alpha value is -2.27. The van der Waals surface area contributed by atoms with Crippen LogP contribution in [-0.4, -0.2) is 11.9 Å². The Labute approximate surface area is 112 Å². The molecule has 94 valence electrons. The fraction of sp³-hybridized carbons (Fsp3) is 0. The van der Waals surface area contributed by atoms with Crippen molar-refractivity contribution in [3.05, 3.63) is 63.7 Å². The van der Waals surface area contributed by atoms with Gasteiger partial charge in [-0.15, -0.1) is 11.3 Å². The summed E-state index contributed by atoms with van der Waals surface area (Å²) in [5.74, 6) is -1.02. The maximum absolute atomic E-state index is 13.6.